The van der Waals surface area contributed by atoms with E-state index in [4.69, 9.17) is 9.84 Å². The van der Waals surface area contributed by atoms with Crippen LogP contribution in [0.15, 0.2) is 30.7 Å². The van der Waals surface area contributed by atoms with Crippen molar-refractivity contribution >= 4 is 0 Å². The molecule has 0 amide bonds. The molecule has 22 heavy (non-hydrogen) atoms. The summed E-state index contributed by atoms with van der Waals surface area (Å²) in [7, 11) is 0. The molecule has 118 valence electrons. The average molecular weight is 302 g/mol. The topological polar surface area (TPSA) is 63.4 Å². The van der Waals surface area contributed by atoms with Crippen LogP contribution in [0.5, 0.6) is 0 Å². The molecular weight excluding hydrogens is 280 g/mol. The molecule has 6 heteroatoms. The minimum absolute atomic E-state index is 0.0435. The van der Waals surface area contributed by atoms with Gasteiger partial charge in [-0.25, -0.2) is 4.98 Å². The maximum atomic E-state index is 8.82. The van der Waals surface area contributed by atoms with E-state index in [2.05, 4.69) is 25.5 Å². The molecule has 1 aliphatic heterocycles. The Labute approximate surface area is 130 Å². The van der Waals surface area contributed by atoms with Crippen molar-refractivity contribution in [3.05, 3.63) is 47.8 Å². The normalized spacial score (nSPS) is 15.5. The van der Waals surface area contributed by atoms with Crippen molar-refractivity contribution in [3.8, 4) is 0 Å². The lowest BCUT2D eigenvalue weighted by molar-refractivity contribution is 0.0789. The standard InChI is InChI=1S/C16H22N4O2/c21-8-9-22-12-15-16-11-19(6-3-7-20(16)13-18-15)10-14-4-1-2-5-17-14/h1-2,4-5,13,21H,3,6-12H2. The molecule has 0 radical (unpaired) electrons. The van der Waals surface area contributed by atoms with Gasteiger partial charge in [0.2, 0.25) is 0 Å². The summed E-state index contributed by atoms with van der Waals surface area (Å²) in [4.78, 5) is 11.3. The van der Waals surface area contributed by atoms with E-state index in [9.17, 15) is 0 Å². The average Bonchev–Trinajstić information content (AvgIpc) is 2.79. The number of fused-ring (bicyclic) bond motifs is 1. The van der Waals surface area contributed by atoms with E-state index < -0.39 is 0 Å². The van der Waals surface area contributed by atoms with Crippen molar-refractivity contribution in [1.29, 1.82) is 0 Å². The minimum Gasteiger partial charge on any atom is -0.394 e. The Balaban J connectivity index is 1.69. The van der Waals surface area contributed by atoms with E-state index in [0.29, 0.717) is 13.2 Å². The van der Waals surface area contributed by atoms with Gasteiger partial charge in [-0.3, -0.25) is 9.88 Å². The van der Waals surface area contributed by atoms with Crippen molar-refractivity contribution in [3.63, 3.8) is 0 Å². The lowest BCUT2D eigenvalue weighted by Gasteiger charge is -2.19. The SMILES string of the molecule is OCCOCc1ncn2c1CN(Cc1ccccn1)CCC2. The van der Waals surface area contributed by atoms with Crippen LogP contribution >= 0.6 is 0 Å². The molecule has 0 spiro atoms. The first-order valence-electron chi connectivity index (χ1n) is 7.70. The highest BCUT2D eigenvalue weighted by Crippen LogP contribution is 2.18. The van der Waals surface area contributed by atoms with Gasteiger partial charge in [0.05, 0.1) is 43.2 Å². The number of pyridine rings is 1. The van der Waals surface area contributed by atoms with Gasteiger partial charge < -0.3 is 14.4 Å². The van der Waals surface area contributed by atoms with Crippen LogP contribution in [0, 0.1) is 0 Å². The third-order valence-corrected chi connectivity index (χ3v) is 3.87. The summed E-state index contributed by atoms with van der Waals surface area (Å²) in [5.74, 6) is 0. The van der Waals surface area contributed by atoms with Gasteiger partial charge >= 0.3 is 0 Å². The lowest BCUT2D eigenvalue weighted by atomic mass is 10.2. The summed E-state index contributed by atoms with van der Waals surface area (Å²) >= 11 is 0. The molecule has 2 aromatic rings. The molecule has 0 saturated heterocycles. The number of aliphatic hydroxyl groups excluding tert-OH is 1. The Morgan fingerprint density at radius 2 is 2.18 bits per heavy atom. The van der Waals surface area contributed by atoms with E-state index in [1.54, 1.807) is 0 Å². The molecular formula is C16H22N4O2. The van der Waals surface area contributed by atoms with Crippen molar-refractivity contribution in [2.75, 3.05) is 19.8 Å². The van der Waals surface area contributed by atoms with Crippen LogP contribution < -0.4 is 0 Å². The number of aliphatic hydroxyl groups is 1. The van der Waals surface area contributed by atoms with Crippen LogP contribution in [0.1, 0.15) is 23.5 Å². The second-order valence-electron chi connectivity index (χ2n) is 5.49. The number of rotatable bonds is 6. The van der Waals surface area contributed by atoms with E-state index in [1.807, 2.05) is 24.7 Å². The number of hydrogen-bond acceptors (Lipinski definition) is 5. The number of imidazole rings is 1. The molecule has 0 aliphatic carbocycles. The molecule has 3 heterocycles. The number of aromatic nitrogens is 3. The van der Waals surface area contributed by atoms with Gasteiger partial charge in [0, 0.05) is 32.4 Å². The molecule has 6 nitrogen and oxygen atoms in total. The Morgan fingerprint density at radius 3 is 3.00 bits per heavy atom. The molecule has 0 fully saturated rings. The van der Waals surface area contributed by atoms with Crippen molar-refractivity contribution in [2.24, 2.45) is 0 Å². The molecule has 0 unspecified atom stereocenters. The Hall–Kier alpha value is -1.76. The largest absolute Gasteiger partial charge is 0.394 e. The first-order valence-corrected chi connectivity index (χ1v) is 7.70. The van der Waals surface area contributed by atoms with Crippen LogP contribution in [0.25, 0.3) is 0 Å². The van der Waals surface area contributed by atoms with E-state index in [1.165, 1.54) is 5.69 Å². The van der Waals surface area contributed by atoms with Gasteiger partial charge in [0.15, 0.2) is 0 Å². The monoisotopic (exact) mass is 302 g/mol. The fourth-order valence-electron chi connectivity index (χ4n) is 2.79. The zero-order chi connectivity index (χ0) is 15.2. The number of nitrogens with zero attached hydrogens (tertiary/aromatic N) is 4. The molecule has 0 atom stereocenters. The number of hydrogen-bond donors (Lipinski definition) is 1. The summed E-state index contributed by atoms with van der Waals surface area (Å²) in [6.45, 7) is 4.60. The fourth-order valence-corrected chi connectivity index (χ4v) is 2.79. The first-order chi connectivity index (χ1) is 10.9. The molecule has 2 aromatic heterocycles. The maximum Gasteiger partial charge on any atom is 0.0953 e. The molecule has 1 N–H and O–H groups in total. The quantitative estimate of drug-likeness (QED) is 0.812. The van der Waals surface area contributed by atoms with Crippen molar-refractivity contribution in [1.82, 2.24) is 19.4 Å². The Morgan fingerprint density at radius 1 is 1.23 bits per heavy atom. The Bertz CT molecular complexity index is 585. The molecule has 3 rings (SSSR count). The second kappa shape index (κ2) is 7.49. The van der Waals surface area contributed by atoms with Crippen LogP contribution in [0.3, 0.4) is 0 Å². The lowest BCUT2D eigenvalue weighted by Crippen LogP contribution is -2.24. The highest BCUT2D eigenvalue weighted by molar-refractivity contribution is 5.14. The van der Waals surface area contributed by atoms with Gasteiger partial charge in [-0.15, -0.1) is 0 Å². The second-order valence-corrected chi connectivity index (χ2v) is 5.49. The molecule has 0 bridgehead atoms. The third kappa shape index (κ3) is 3.71. The molecule has 0 saturated carbocycles. The van der Waals surface area contributed by atoms with Crippen molar-refractivity contribution in [2.45, 2.75) is 32.7 Å². The van der Waals surface area contributed by atoms with E-state index in [-0.39, 0.29) is 6.61 Å². The maximum absolute atomic E-state index is 8.82. The zero-order valence-corrected chi connectivity index (χ0v) is 12.7. The van der Waals surface area contributed by atoms with Gasteiger partial charge in [0.25, 0.3) is 0 Å². The number of aryl methyl sites for hydroxylation is 1. The third-order valence-electron chi connectivity index (χ3n) is 3.87. The molecule has 0 aromatic carbocycles. The smallest absolute Gasteiger partial charge is 0.0953 e. The van der Waals surface area contributed by atoms with Gasteiger partial charge in [-0.2, -0.15) is 0 Å². The van der Waals surface area contributed by atoms with Crippen LogP contribution in [0.2, 0.25) is 0 Å². The predicted molar refractivity (Wildman–Crippen MR) is 81.9 cm³/mol. The van der Waals surface area contributed by atoms with Crippen LogP contribution in [0.4, 0.5) is 0 Å². The first kappa shape index (κ1) is 15.1. The molecule has 1 aliphatic rings. The van der Waals surface area contributed by atoms with Gasteiger partial charge in [-0.1, -0.05) is 6.07 Å². The van der Waals surface area contributed by atoms with Gasteiger partial charge in [0.1, 0.15) is 0 Å². The van der Waals surface area contributed by atoms with Gasteiger partial charge in [-0.05, 0) is 18.6 Å². The van der Waals surface area contributed by atoms with E-state index in [0.717, 1.165) is 44.0 Å². The fraction of sp³-hybridized carbons (Fsp3) is 0.500. The van der Waals surface area contributed by atoms with Crippen LogP contribution in [-0.4, -0.2) is 44.3 Å². The summed E-state index contributed by atoms with van der Waals surface area (Å²) in [5.41, 5.74) is 3.28. The highest BCUT2D eigenvalue weighted by atomic mass is 16.5. The minimum atomic E-state index is 0.0435. The van der Waals surface area contributed by atoms with Crippen LogP contribution in [-0.2, 0) is 31.0 Å². The zero-order valence-electron chi connectivity index (χ0n) is 12.7. The highest BCUT2D eigenvalue weighted by Gasteiger charge is 2.19. The number of ether oxygens (including phenoxy) is 1. The Kier molecular flexibility index (Phi) is 5.15. The van der Waals surface area contributed by atoms with Crippen molar-refractivity contribution < 1.29 is 9.84 Å². The predicted octanol–water partition coefficient (Wildman–Crippen LogP) is 1.19. The summed E-state index contributed by atoms with van der Waals surface area (Å²) in [6, 6.07) is 6.03. The summed E-state index contributed by atoms with van der Waals surface area (Å²) in [6.07, 6.45) is 4.84. The summed E-state index contributed by atoms with van der Waals surface area (Å²) < 4.78 is 7.65. The summed E-state index contributed by atoms with van der Waals surface area (Å²) in [5, 5.41) is 8.82. The van der Waals surface area contributed by atoms with E-state index >= 15 is 0 Å².